The van der Waals surface area contributed by atoms with E-state index < -0.39 is 5.97 Å². The van der Waals surface area contributed by atoms with Crippen LogP contribution in [0.3, 0.4) is 0 Å². The number of hydrogen-bond acceptors (Lipinski definition) is 4. The lowest BCUT2D eigenvalue weighted by Gasteiger charge is -2.20. The SMILES string of the molecule is CCOC(=O)c1cc(C(C)(C)C)ccc1SC(=O)c1ccc(Cl)cc1. The Morgan fingerprint density at radius 3 is 2.28 bits per heavy atom. The zero-order valence-electron chi connectivity index (χ0n) is 14.8. The summed E-state index contributed by atoms with van der Waals surface area (Å²) < 4.78 is 5.16. The minimum atomic E-state index is -0.417. The number of esters is 1. The molecular formula is C20H21ClO3S. The molecule has 0 N–H and O–H groups in total. The molecule has 0 aliphatic rings. The first-order chi connectivity index (χ1) is 11.7. The molecule has 0 heterocycles. The highest BCUT2D eigenvalue weighted by Gasteiger charge is 2.21. The molecule has 0 saturated heterocycles. The van der Waals surface area contributed by atoms with Gasteiger partial charge in [-0.1, -0.05) is 38.4 Å². The second-order valence-electron chi connectivity index (χ2n) is 6.58. The Balaban J connectivity index is 2.37. The van der Waals surface area contributed by atoms with Crippen molar-refractivity contribution in [2.75, 3.05) is 6.61 Å². The van der Waals surface area contributed by atoms with E-state index >= 15 is 0 Å². The third-order valence-corrected chi connectivity index (χ3v) is 4.87. The average molecular weight is 377 g/mol. The Morgan fingerprint density at radius 1 is 1.08 bits per heavy atom. The first-order valence-electron chi connectivity index (χ1n) is 8.01. The Morgan fingerprint density at radius 2 is 1.72 bits per heavy atom. The van der Waals surface area contributed by atoms with Crippen LogP contribution >= 0.6 is 23.4 Å². The van der Waals surface area contributed by atoms with E-state index in [1.807, 2.05) is 18.2 Å². The number of carbonyl (C=O) groups is 2. The van der Waals surface area contributed by atoms with Crippen molar-refractivity contribution in [3.63, 3.8) is 0 Å². The van der Waals surface area contributed by atoms with E-state index in [9.17, 15) is 9.59 Å². The predicted molar refractivity (Wildman–Crippen MR) is 103 cm³/mol. The van der Waals surface area contributed by atoms with E-state index in [4.69, 9.17) is 16.3 Å². The molecule has 2 aromatic carbocycles. The molecule has 132 valence electrons. The van der Waals surface area contributed by atoms with Crippen molar-refractivity contribution in [3.8, 4) is 0 Å². The number of carbonyl (C=O) groups excluding carboxylic acids is 2. The summed E-state index contributed by atoms with van der Waals surface area (Å²) in [4.78, 5) is 25.4. The molecule has 0 fully saturated rings. The molecule has 25 heavy (non-hydrogen) atoms. The van der Waals surface area contributed by atoms with Crippen molar-refractivity contribution in [1.29, 1.82) is 0 Å². The molecule has 0 unspecified atom stereocenters. The molecule has 3 nitrogen and oxygen atoms in total. The number of benzene rings is 2. The highest BCUT2D eigenvalue weighted by molar-refractivity contribution is 8.14. The largest absolute Gasteiger partial charge is 0.462 e. The highest BCUT2D eigenvalue weighted by Crippen LogP contribution is 2.32. The fraction of sp³-hybridized carbons (Fsp3) is 0.300. The van der Waals surface area contributed by atoms with E-state index in [0.29, 0.717) is 21.0 Å². The lowest BCUT2D eigenvalue weighted by atomic mass is 9.86. The minimum Gasteiger partial charge on any atom is -0.462 e. The average Bonchev–Trinajstić information content (AvgIpc) is 2.55. The molecule has 0 amide bonds. The Kier molecular flexibility index (Phi) is 6.31. The Hall–Kier alpha value is -1.78. The number of hydrogen-bond donors (Lipinski definition) is 0. The molecule has 0 aliphatic heterocycles. The molecule has 0 saturated carbocycles. The predicted octanol–water partition coefficient (Wildman–Crippen LogP) is 5.75. The summed E-state index contributed by atoms with van der Waals surface area (Å²) in [7, 11) is 0. The fourth-order valence-electron chi connectivity index (χ4n) is 2.20. The summed E-state index contributed by atoms with van der Waals surface area (Å²) in [6.45, 7) is 8.26. The molecule has 2 rings (SSSR count). The van der Waals surface area contributed by atoms with E-state index in [2.05, 4.69) is 20.8 Å². The summed E-state index contributed by atoms with van der Waals surface area (Å²) in [5.74, 6) is -0.417. The number of thioether (sulfide) groups is 1. The van der Waals surface area contributed by atoms with E-state index in [0.717, 1.165) is 17.3 Å². The van der Waals surface area contributed by atoms with E-state index in [1.165, 1.54) is 0 Å². The highest BCUT2D eigenvalue weighted by atomic mass is 35.5. The van der Waals surface area contributed by atoms with Crippen LogP contribution in [0.4, 0.5) is 0 Å². The summed E-state index contributed by atoms with van der Waals surface area (Å²) >= 11 is 6.88. The van der Waals surface area contributed by atoms with Gasteiger partial charge in [0.25, 0.3) is 0 Å². The molecule has 0 aromatic heterocycles. The topological polar surface area (TPSA) is 43.4 Å². The smallest absolute Gasteiger partial charge is 0.339 e. The minimum absolute atomic E-state index is 0.107. The lowest BCUT2D eigenvalue weighted by Crippen LogP contribution is -2.14. The quantitative estimate of drug-likeness (QED) is 0.503. The zero-order chi connectivity index (χ0) is 18.6. The van der Waals surface area contributed by atoms with Gasteiger partial charge in [-0.25, -0.2) is 4.79 Å². The molecule has 0 radical (unpaired) electrons. The van der Waals surface area contributed by atoms with Gasteiger partial charge in [-0.2, -0.15) is 0 Å². The van der Waals surface area contributed by atoms with Crippen LogP contribution in [0, 0.1) is 0 Å². The lowest BCUT2D eigenvalue weighted by molar-refractivity contribution is 0.0522. The molecule has 0 atom stereocenters. The van der Waals surface area contributed by atoms with Crippen LogP contribution in [0.5, 0.6) is 0 Å². The third kappa shape index (κ3) is 5.10. The second kappa shape index (κ2) is 8.07. The fourth-order valence-corrected chi connectivity index (χ4v) is 3.17. The second-order valence-corrected chi connectivity index (χ2v) is 8.03. The summed E-state index contributed by atoms with van der Waals surface area (Å²) in [5.41, 5.74) is 1.86. The molecule has 0 bridgehead atoms. The van der Waals surface area contributed by atoms with Crippen LogP contribution < -0.4 is 0 Å². The summed E-state index contributed by atoms with van der Waals surface area (Å²) in [5, 5.41) is 0.425. The summed E-state index contributed by atoms with van der Waals surface area (Å²) in [6, 6.07) is 12.3. The molecule has 0 aliphatic carbocycles. The van der Waals surface area contributed by atoms with Crippen LogP contribution in [0.1, 0.15) is 54.0 Å². The van der Waals surface area contributed by atoms with Crippen molar-refractivity contribution in [1.82, 2.24) is 0 Å². The molecule has 2 aromatic rings. The van der Waals surface area contributed by atoms with E-state index in [1.54, 1.807) is 31.2 Å². The van der Waals surface area contributed by atoms with Gasteiger partial charge < -0.3 is 4.74 Å². The van der Waals surface area contributed by atoms with Gasteiger partial charge in [-0.05, 0) is 66.1 Å². The van der Waals surface area contributed by atoms with Gasteiger partial charge in [0.15, 0.2) is 0 Å². The van der Waals surface area contributed by atoms with Crippen molar-refractivity contribution >= 4 is 34.4 Å². The van der Waals surface area contributed by atoms with Crippen LogP contribution in [0.2, 0.25) is 5.02 Å². The van der Waals surface area contributed by atoms with Gasteiger partial charge in [-0.3, -0.25) is 4.79 Å². The van der Waals surface area contributed by atoms with Crippen molar-refractivity contribution < 1.29 is 14.3 Å². The number of ether oxygens (including phenoxy) is 1. The Labute approximate surface area is 157 Å². The van der Waals surface area contributed by atoms with Gasteiger partial charge in [0.2, 0.25) is 5.12 Å². The molecular weight excluding hydrogens is 356 g/mol. The van der Waals surface area contributed by atoms with Crippen LogP contribution in [0.25, 0.3) is 0 Å². The number of halogens is 1. The van der Waals surface area contributed by atoms with Crippen molar-refractivity contribution in [2.45, 2.75) is 38.0 Å². The molecule has 0 spiro atoms. The first-order valence-corrected chi connectivity index (χ1v) is 9.21. The van der Waals surface area contributed by atoms with Crippen LogP contribution in [-0.2, 0) is 10.2 Å². The van der Waals surface area contributed by atoms with Gasteiger partial charge in [0, 0.05) is 15.5 Å². The van der Waals surface area contributed by atoms with Crippen molar-refractivity contribution in [2.24, 2.45) is 0 Å². The van der Waals surface area contributed by atoms with Gasteiger partial charge >= 0.3 is 5.97 Å². The third-order valence-electron chi connectivity index (χ3n) is 3.62. The van der Waals surface area contributed by atoms with Gasteiger partial charge in [-0.15, -0.1) is 0 Å². The first kappa shape index (κ1) is 19.5. The maximum Gasteiger partial charge on any atom is 0.339 e. The standard InChI is InChI=1S/C20H21ClO3S/c1-5-24-18(22)16-12-14(20(2,3)4)8-11-17(16)25-19(23)13-6-9-15(21)10-7-13/h6-12H,5H2,1-4H3. The van der Waals surface area contributed by atoms with Crippen molar-refractivity contribution in [3.05, 3.63) is 64.2 Å². The number of rotatable bonds is 4. The van der Waals surface area contributed by atoms with Crippen LogP contribution in [-0.4, -0.2) is 17.7 Å². The zero-order valence-corrected chi connectivity index (χ0v) is 16.3. The Bertz CT molecular complexity index is 777. The summed E-state index contributed by atoms with van der Waals surface area (Å²) in [6.07, 6.45) is 0. The van der Waals surface area contributed by atoms with Gasteiger partial charge in [0.05, 0.1) is 12.2 Å². The van der Waals surface area contributed by atoms with E-state index in [-0.39, 0.29) is 17.1 Å². The normalized spacial score (nSPS) is 11.2. The molecule has 5 heteroatoms. The maximum atomic E-state index is 12.5. The monoisotopic (exact) mass is 376 g/mol. The maximum absolute atomic E-state index is 12.5. The van der Waals surface area contributed by atoms with Gasteiger partial charge in [0.1, 0.15) is 0 Å². The van der Waals surface area contributed by atoms with Crippen LogP contribution in [0.15, 0.2) is 47.4 Å².